The number of fused-ring (bicyclic) bond motifs is 2. The summed E-state index contributed by atoms with van der Waals surface area (Å²) in [6, 6.07) is 14.3. The first-order valence-electron chi connectivity index (χ1n) is 9.22. The van der Waals surface area contributed by atoms with E-state index in [1.54, 1.807) is 0 Å². The molecule has 0 spiro atoms. The van der Waals surface area contributed by atoms with Gasteiger partial charge in [-0.3, -0.25) is 4.79 Å². The van der Waals surface area contributed by atoms with Crippen LogP contribution in [0.1, 0.15) is 23.1 Å². The van der Waals surface area contributed by atoms with Gasteiger partial charge in [0.1, 0.15) is 0 Å². The number of ether oxygens (including phenoxy) is 2. The molecule has 6 heteroatoms. The summed E-state index contributed by atoms with van der Waals surface area (Å²) in [7, 11) is 0. The molecule has 2 aliphatic heterocycles. The number of amides is 1. The Morgan fingerprint density at radius 2 is 1.81 bits per heavy atom. The summed E-state index contributed by atoms with van der Waals surface area (Å²) in [6.45, 7) is 0.260. The molecule has 27 heavy (non-hydrogen) atoms. The van der Waals surface area contributed by atoms with Crippen molar-refractivity contribution in [2.75, 3.05) is 6.79 Å². The number of rotatable bonds is 4. The van der Waals surface area contributed by atoms with Crippen molar-refractivity contribution in [1.82, 2.24) is 5.32 Å². The molecule has 1 amide bonds. The lowest BCUT2D eigenvalue weighted by molar-refractivity contribution is -0.131. The summed E-state index contributed by atoms with van der Waals surface area (Å²) in [4.78, 5) is 18.0. The zero-order valence-corrected chi connectivity index (χ0v) is 14.8. The van der Waals surface area contributed by atoms with Crippen molar-refractivity contribution < 1.29 is 19.1 Å². The van der Waals surface area contributed by atoms with Gasteiger partial charge in [-0.15, -0.1) is 0 Å². The average molecular weight is 364 g/mol. The molecule has 0 saturated carbocycles. The molecule has 0 fully saturated rings. The monoisotopic (exact) mass is 364 g/mol. The second kappa shape index (κ2) is 6.61. The lowest BCUT2D eigenvalue weighted by Crippen LogP contribution is -2.42. The van der Waals surface area contributed by atoms with E-state index in [1.165, 1.54) is 11.1 Å². The second-order valence-electron chi connectivity index (χ2n) is 7.20. The number of hydrogen-bond donors (Lipinski definition) is 1. The van der Waals surface area contributed by atoms with Crippen molar-refractivity contribution in [2.45, 2.75) is 37.8 Å². The summed E-state index contributed by atoms with van der Waals surface area (Å²) in [5.41, 5.74) is 4.56. The summed E-state index contributed by atoms with van der Waals surface area (Å²) in [5, 5.41) is 7.24. The zero-order chi connectivity index (χ0) is 18.2. The van der Waals surface area contributed by atoms with E-state index in [-0.39, 0.29) is 18.7 Å². The number of hydrogen-bond acceptors (Lipinski definition) is 5. The van der Waals surface area contributed by atoms with E-state index >= 15 is 0 Å². The van der Waals surface area contributed by atoms with Crippen molar-refractivity contribution in [1.29, 1.82) is 0 Å². The van der Waals surface area contributed by atoms with Crippen molar-refractivity contribution in [2.24, 2.45) is 5.16 Å². The van der Waals surface area contributed by atoms with Crippen LogP contribution in [0.3, 0.4) is 0 Å². The Morgan fingerprint density at radius 1 is 1.04 bits per heavy atom. The van der Waals surface area contributed by atoms with Gasteiger partial charge in [-0.2, -0.15) is 0 Å². The molecule has 0 aromatic heterocycles. The molecule has 2 heterocycles. The molecule has 0 saturated heterocycles. The van der Waals surface area contributed by atoms with Gasteiger partial charge in [0, 0.05) is 18.9 Å². The van der Waals surface area contributed by atoms with Crippen molar-refractivity contribution in [3.05, 3.63) is 59.2 Å². The molecule has 3 aliphatic rings. The van der Waals surface area contributed by atoms with Gasteiger partial charge in [0.25, 0.3) is 5.91 Å². The lowest BCUT2D eigenvalue weighted by atomic mass is 10.0. The minimum absolute atomic E-state index is 0.0859. The van der Waals surface area contributed by atoms with Gasteiger partial charge in [0.15, 0.2) is 11.5 Å². The molecule has 1 atom stereocenters. The maximum atomic E-state index is 12.6. The highest BCUT2D eigenvalue weighted by Crippen LogP contribution is 2.33. The quantitative estimate of drug-likeness (QED) is 0.904. The Balaban J connectivity index is 1.15. The highest BCUT2D eigenvalue weighted by Gasteiger charge is 2.31. The van der Waals surface area contributed by atoms with Crippen LogP contribution in [0.5, 0.6) is 11.5 Å². The first-order valence-corrected chi connectivity index (χ1v) is 9.22. The zero-order valence-electron chi connectivity index (χ0n) is 14.8. The predicted molar refractivity (Wildman–Crippen MR) is 99.0 cm³/mol. The number of nitrogens with zero attached hydrogens (tertiary/aromatic N) is 1. The van der Waals surface area contributed by atoms with Gasteiger partial charge in [-0.25, -0.2) is 0 Å². The normalized spacial score (nSPS) is 20.1. The molecular weight excluding hydrogens is 344 g/mol. The van der Waals surface area contributed by atoms with Gasteiger partial charge in [-0.05, 0) is 41.7 Å². The molecule has 6 nitrogen and oxygen atoms in total. The van der Waals surface area contributed by atoms with Gasteiger partial charge >= 0.3 is 0 Å². The van der Waals surface area contributed by atoms with Gasteiger partial charge in [-0.1, -0.05) is 35.5 Å². The van der Waals surface area contributed by atoms with E-state index in [9.17, 15) is 4.79 Å². The standard InChI is InChI=1S/C21H20N2O4/c24-21(22-16-9-14-3-1-2-4-15(14)10-16)20-11-17(23-27-20)7-13-5-6-18-19(8-13)26-12-25-18/h1-6,8,16,20H,7,9-12H2,(H,22,24). The maximum absolute atomic E-state index is 12.6. The molecule has 5 rings (SSSR count). The van der Waals surface area contributed by atoms with Crippen LogP contribution in [0.4, 0.5) is 0 Å². The van der Waals surface area contributed by atoms with Gasteiger partial charge in [0.05, 0.1) is 5.71 Å². The molecule has 2 aromatic carbocycles. The number of oxime groups is 1. The highest BCUT2D eigenvalue weighted by atomic mass is 16.7. The summed E-state index contributed by atoms with van der Waals surface area (Å²) in [6.07, 6.45) is 2.35. The number of benzene rings is 2. The van der Waals surface area contributed by atoms with Crippen LogP contribution in [0.15, 0.2) is 47.6 Å². The molecular formula is C21H20N2O4. The van der Waals surface area contributed by atoms with Gasteiger partial charge < -0.3 is 19.6 Å². The SMILES string of the molecule is O=C(NC1Cc2ccccc2C1)C1CC(Cc2ccc3c(c2)OCO3)=NO1. The Kier molecular flexibility index (Phi) is 3.96. The van der Waals surface area contributed by atoms with Crippen LogP contribution in [-0.2, 0) is 28.9 Å². The number of carbonyl (C=O) groups excluding carboxylic acids is 1. The van der Waals surface area contributed by atoms with Crippen molar-refractivity contribution >= 4 is 11.6 Å². The Labute approximate surface area is 157 Å². The molecule has 1 aliphatic carbocycles. The van der Waals surface area contributed by atoms with Crippen LogP contribution in [0, 0.1) is 0 Å². The third-order valence-corrected chi connectivity index (χ3v) is 5.27. The molecule has 1 unspecified atom stereocenters. The topological polar surface area (TPSA) is 69.2 Å². The summed E-state index contributed by atoms with van der Waals surface area (Å²) in [5.74, 6) is 1.43. The minimum atomic E-state index is -0.544. The Morgan fingerprint density at radius 3 is 2.63 bits per heavy atom. The Bertz CT molecular complexity index is 899. The van der Waals surface area contributed by atoms with E-state index in [4.69, 9.17) is 14.3 Å². The third kappa shape index (κ3) is 3.23. The van der Waals surface area contributed by atoms with E-state index in [0.717, 1.165) is 35.6 Å². The molecule has 138 valence electrons. The first kappa shape index (κ1) is 16.2. The van der Waals surface area contributed by atoms with E-state index in [2.05, 4.69) is 22.6 Å². The van der Waals surface area contributed by atoms with Crippen LogP contribution in [-0.4, -0.2) is 30.6 Å². The second-order valence-corrected chi connectivity index (χ2v) is 7.20. The fraction of sp³-hybridized carbons (Fsp3) is 0.333. The fourth-order valence-corrected chi connectivity index (χ4v) is 3.91. The summed E-state index contributed by atoms with van der Waals surface area (Å²) >= 11 is 0. The molecule has 1 N–H and O–H groups in total. The van der Waals surface area contributed by atoms with E-state index < -0.39 is 6.10 Å². The largest absolute Gasteiger partial charge is 0.454 e. The lowest BCUT2D eigenvalue weighted by Gasteiger charge is -2.14. The third-order valence-electron chi connectivity index (χ3n) is 5.27. The number of carbonyl (C=O) groups is 1. The molecule has 0 radical (unpaired) electrons. The van der Waals surface area contributed by atoms with Crippen LogP contribution in [0.25, 0.3) is 0 Å². The smallest absolute Gasteiger partial charge is 0.264 e. The van der Waals surface area contributed by atoms with Crippen LogP contribution >= 0.6 is 0 Å². The van der Waals surface area contributed by atoms with Crippen LogP contribution in [0.2, 0.25) is 0 Å². The molecule has 0 bridgehead atoms. The Hall–Kier alpha value is -3.02. The average Bonchev–Trinajstić information content (AvgIpc) is 3.40. The predicted octanol–water partition coefficient (Wildman–Crippen LogP) is 2.39. The first-order chi connectivity index (χ1) is 13.2. The minimum Gasteiger partial charge on any atom is -0.454 e. The van der Waals surface area contributed by atoms with Crippen LogP contribution < -0.4 is 14.8 Å². The summed E-state index contributed by atoms with van der Waals surface area (Å²) < 4.78 is 10.7. The molecule has 2 aromatic rings. The van der Waals surface area contributed by atoms with E-state index in [0.29, 0.717) is 12.8 Å². The van der Waals surface area contributed by atoms with Crippen molar-refractivity contribution in [3.63, 3.8) is 0 Å². The van der Waals surface area contributed by atoms with Crippen molar-refractivity contribution in [3.8, 4) is 11.5 Å². The fourth-order valence-electron chi connectivity index (χ4n) is 3.91. The van der Waals surface area contributed by atoms with Gasteiger partial charge in [0.2, 0.25) is 12.9 Å². The highest BCUT2D eigenvalue weighted by molar-refractivity contribution is 5.94. The van der Waals surface area contributed by atoms with E-state index in [1.807, 2.05) is 30.3 Å². The number of nitrogens with one attached hydrogen (secondary N) is 1. The maximum Gasteiger partial charge on any atom is 0.264 e.